The topological polar surface area (TPSA) is 44.6 Å². The molecule has 3 heteroatoms. The van der Waals surface area contributed by atoms with Gasteiger partial charge in [-0.2, -0.15) is 0 Å². The van der Waals surface area contributed by atoms with Gasteiger partial charge in [0.25, 0.3) is 0 Å². The smallest absolute Gasteiger partial charge is 0.0960 e. The van der Waals surface area contributed by atoms with Gasteiger partial charge in [0.05, 0.1) is 12.4 Å². The van der Waals surface area contributed by atoms with Gasteiger partial charge in [-0.15, -0.1) is 0 Å². The van der Waals surface area contributed by atoms with E-state index in [-0.39, 0.29) is 6.61 Å². The molecule has 0 rings (SSSR count). The van der Waals surface area contributed by atoms with Gasteiger partial charge in [0, 0.05) is 20.0 Å². The summed E-state index contributed by atoms with van der Waals surface area (Å²) in [5, 5.41) is 11.6. The Morgan fingerprint density at radius 1 is 1.55 bits per heavy atom. The molecule has 0 spiro atoms. The van der Waals surface area contributed by atoms with Crippen LogP contribution in [0.5, 0.6) is 0 Å². The van der Waals surface area contributed by atoms with Gasteiger partial charge in [-0.05, 0) is 6.42 Å². The average molecular weight is 158 g/mol. The molecule has 0 aliphatic carbocycles. The Bertz CT molecular complexity index is 103. The van der Waals surface area contributed by atoms with Crippen LogP contribution in [0.15, 0.2) is 4.99 Å². The Morgan fingerprint density at radius 2 is 2.27 bits per heavy atom. The summed E-state index contributed by atoms with van der Waals surface area (Å²) in [6, 6.07) is 0. The standard InChI is InChI=1S/C8H18N2O/c1-3-4-5-8(9-2)10-6-7-11/h11H,3-7H2,1-2H3,(H,9,10). The summed E-state index contributed by atoms with van der Waals surface area (Å²) in [5.41, 5.74) is 0. The number of aliphatic hydroxyl groups excluding tert-OH is 1. The molecule has 0 atom stereocenters. The number of aliphatic hydroxyl groups is 1. The van der Waals surface area contributed by atoms with E-state index in [2.05, 4.69) is 17.2 Å². The highest BCUT2D eigenvalue weighted by Crippen LogP contribution is 1.94. The van der Waals surface area contributed by atoms with Crippen LogP contribution in [0.1, 0.15) is 26.2 Å². The number of aliphatic imine (C=N–C) groups is 1. The van der Waals surface area contributed by atoms with Gasteiger partial charge < -0.3 is 10.4 Å². The van der Waals surface area contributed by atoms with Gasteiger partial charge in [0.2, 0.25) is 0 Å². The van der Waals surface area contributed by atoms with E-state index in [1.807, 2.05) is 0 Å². The minimum atomic E-state index is 0.172. The number of hydrogen-bond acceptors (Lipinski definition) is 2. The van der Waals surface area contributed by atoms with Crippen molar-refractivity contribution in [1.29, 1.82) is 0 Å². The number of rotatable bonds is 5. The molecule has 0 saturated heterocycles. The summed E-state index contributed by atoms with van der Waals surface area (Å²) in [4.78, 5) is 4.06. The summed E-state index contributed by atoms with van der Waals surface area (Å²) in [5.74, 6) is 1.00. The summed E-state index contributed by atoms with van der Waals surface area (Å²) in [6.45, 7) is 2.93. The Labute approximate surface area is 68.5 Å². The summed E-state index contributed by atoms with van der Waals surface area (Å²) in [7, 11) is 1.77. The molecule has 0 bridgehead atoms. The van der Waals surface area contributed by atoms with Crippen molar-refractivity contribution in [2.24, 2.45) is 4.99 Å². The van der Waals surface area contributed by atoms with Crippen molar-refractivity contribution in [2.45, 2.75) is 26.2 Å². The fraction of sp³-hybridized carbons (Fsp3) is 0.875. The van der Waals surface area contributed by atoms with Gasteiger partial charge >= 0.3 is 0 Å². The van der Waals surface area contributed by atoms with Crippen molar-refractivity contribution < 1.29 is 5.11 Å². The fourth-order valence-corrected chi connectivity index (χ4v) is 0.824. The Balaban J connectivity index is 3.43. The lowest BCUT2D eigenvalue weighted by Gasteiger charge is -2.06. The normalized spacial score (nSPS) is 11.7. The van der Waals surface area contributed by atoms with E-state index in [1.54, 1.807) is 7.05 Å². The van der Waals surface area contributed by atoms with E-state index in [0.717, 1.165) is 18.7 Å². The van der Waals surface area contributed by atoms with Gasteiger partial charge in [0.15, 0.2) is 0 Å². The molecular weight excluding hydrogens is 140 g/mol. The molecule has 0 amide bonds. The van der Waals surface area contributed by atoms with Crippen molar-refractivity contribution in [2.75, 3.05) is 20.2 Å². The maximum absolute atomic E-state index is 8.52. The lowest BCUT2D eigenvalue weighted by atomic mass is 10.2. The van der Waals surface area contributed by atoms with Crippen LogP contribution in [0.2, 0.25) is 0 Å². The van der Waals surface area contributed by atoms with Crippen LogP contribution in [0.3, 0.4) is 0 Å². The molecule has 0 unspecified atom stereocenters. The van der Waals surface area contributed by atoms with E-state index in [9.17, 15) is 0 Å². The first-order chi connectivity index (χ1) is 5.35. The highest BCUT2D eigenvalue weighted by Gasteiger charge is 1.94. The Kier molecular flexibility index (Phi) is 7.15. The van der Waals surface area contributed by atoms with Crippen LogP contribution < -0.4 is 5.32 Å². The van der Waals surface area contributed by atoms with E-state index in [1.165, 1.54) is 6.42 Å². The SMILES string of the molecule is CCCCC(=NC)NCCO. The molecule has 3 nitrogen and oxygen atoms in total. The van der Waals surface area contributed by atoms with Crippen molar-refractivity contribution in [3.05, 3.63) is 0 Å². The number of unbranched alkanes of at least 4 members (excludes halogenated alkanes) is 1. The van der Waals surface area contributed by atoms with Gasteiger partial charge in [-0.25, -0.2) is 0 Å². The zero-order chi connectivity index (χ0) is 8.53. The van der Waals surface area contributed by atoms with E-state index in [0.29, 0.717) is 6.54 Å². The van der Waals surface area contributed by atoms with Crippen LogP contribution >= 0.6 is 0 Å². The summed E-state index contributed by atoms with van der Waals surface area (Å²) >= 11 is 0. The van der Waals surface area contributed by atoms with Gasteiger partial charge in [-0.3, -0.25) is 4.99 Å². The average Bonchev–Trinajstić information content (AvgIpc) is 2.05. The van der Waals surface area contributed by atoms with Crippen molar-refractivity contribution in [1.82, 2.24) is 5.32 Å². The van der Waals surface area contributed by atoms with Crippen molar-refractivity contribution in [3.63, 3.8) is 0 Å². The molecule has 0 saturated carbocycles. The molecule has 2 N–H and O–H groups in total. The van der Waals surface area contributed by atoms with Gasteiger partial charge in [-0.1, -0.05) is 13.3 Å². The van der Waals surface area contributed by atoms with Crippen LogP contribution in [0, 0.1) is 0 Å². The lowest BCUT2D eigenvalue weighted by Crippen LogP contribution is -2.26. The molecule has 11 heavy (non-hydrogen) atoms. The Hall–Kier alpha value is -0.570. The molecule has 66 valence electrons. The molecule has 0 aromatic carbocycles. The first-order valence-electron chi connectivity index (χ1n) is 4.15. The third kappa shape index (κ3) is 5.85. The van der Waals surface area contributed by atoms with E-state index in [4.69, 9.17) is 5.11 Å². The van der Waals surface area contributed by atoms with Crippen LogP contribution in [-0.4, -0.2) is 31.1 Å². The van der Waals surface area contributed by atoms with Crippen molar-refractivity contribution >= 4 is 5.84 Å². The van der Waals surface area contributed by atoms with Crippen molar-refractivity contribution in [3.8, 4) is 0 Å². The second-order valence-corrected chi connectivity index (χ2v) is 2.42. The van der Waals surface area contributed by atoms with Crippen LogP contribution in [-0.2, 0) is 0 Å². The third-order valence-electron chi connectivity index (χ3n) is 1.48. The molecule has 0 aromatic rings. The first-order valence-corrected chi connectivity index (χ1v) is 4.15. The minimum Gasteiger partial charge on any atom is -0.395 e. The number of amidine groups is 1. The molecular formula is C8H18N2O. The zero-order valence-electron chi connectivity index (χ0n) is 7.43. The van der Waals surface area contributed by atoms with Crippen LogP contribution in [0.4, 0.5) is 0 Å². The largest absolute Gasteiger partial charge is 0.395 e. The maximum Gasteiger partial charge on any atom is 0.0960 e. The lowest BCUT2D eigenvalue weighted by molar-refractivity contribution is 0.300. The van der Waals surface area contributed by atoms with Crippen LogP contribution in [0.25, 0.3) is 0 Å². The number of nitrogens with zero attached hydrogens (tertiary/aromatic N) is 1. The molecule has 0 fully saturated rings. The quantitative estimate of drug-likeness (QED) is 0.459. The molecule has 0 radical (unpaired) electrons. The molecule has 0 heterocycles. The number of nitrogens with one attached hydrogen (secondary N) is 1. The minimum absolute atomic E-state index is 0.172. The second-order valence-electron chi connectivity index (χ2n) is 2.42. The maximum atomic E-state index is 8.52. The highest BCUT2D eigenvalue weighted by molar-refractivity contribution is 5.81. The molecule has 0 aliphatic rings. The summed E-state index contributed by atoms with van der Waals surface area (Å²) in [6.07, 6.45) is 3.33. The van der Waals surface area contributed by atoms with E-state index >= 15 is 0 Å². The molecule has 0 aliphatic heterocycles. The predicted octanol–water partition coefficient (Wildman–Crippen LogP) is 0.787. The zero-order valence-corrected chi connectivity index (χ0v) is 7.43. The highest BCUT2D eigenvalue weighted by atomic mass is 16.3. The predicted molar refractivity (Wildman–Crippen MR) is 48.0 cm³/mol. The summed E-state index contributed by atoms with van der Waals surface area (Å²) < 4.78 is 0. The van der Waals surface area contributed by atoms with Gasteiger partial charge in [0.1, 0.15) is 0 Å². The number of hydrogen-bond donors (Lipinski definition) is 2. The first kappa shape index (κ1) is 10.4. The monoisotopic (exact) mass is 158 g/mol. The second kappa shape index (κ2) is 7.54. The van der Waals surface area contributed by atoms with E-state index < -0.39 is 0 Å². The molecule has 0 aromatic heterocycles. The fourth-order valence-electron chi connectivity index (χ4n) is 0.824. The Morgan fingerprint density at radius 3 is 2.73 bits per heavy atom. The third-order valence-corrected chi connectivity index (χ3v) is 1.48.